The van der Waals surface area contributed by atoms with E-state index in [2.05, 4.69) is 5.32 Å². The Kier molecular flexibility index (Phi) is 4.41. The molecule has 0 spiro atoms. The van der Waals surface area contributed by atoms with Crippen LogP contribution in [-0.4, -0.2) is 25.0 Å². The largest absolute Gasteiger partial charge is 0.416 e. The lowest BCUT2D eigenvalue weighted by Crippen LogP contribution is -2.55. The topological polar surface area (TPSA) is 58.4 Å². The van der Waals surface area contributed by atoms with Crippen LogP contribution >= 0.6 is 0 Å². The summed E-state index contributed by atoms with van der Waals surface area (Å²) >= 11 is 0. The zero-order chi connectivity index (χ0) is 15.6. The third-order valence-electron chi connectivity index (χ3n) is 3.66. The number of anilines is 1. The van der Waals surface area contributed by atoms with Crippen LogP contribution in [0, 0.1) is 0 Å². The quantitative estimate of drug-likeness (QED) is 0.896. The van der Waals surface area contributed by atoms with Crippen LogP contribution in [0.2, 0.25) is 0 Å². The van der Waals surface area contributed by atoms with Gasteiger partial charge in [-0.05, 0) is 30.2 Å². The summed E-state index contributed by atoms with van der Waals surface area (Å²) in [5, 5.41) is 2.76. The minimum atomic E-state index is -4.42. The first-order valence-corrected chi connectivity index (χ1v) is 6.83. The van der Waals surface area contributed by atoms with Crippen molar-refractivity contribution in [2.75, 3.05) is 18.0 Å². The SMILES string of the molecule is CCC1C(=O)NCCN1c1ccc(C(F)(F)F)c(CN)c1. The molecular formula is C14H18F3N3O. The number of carbonyl (C=O) groups is 1. The van der Waals surface area contributed by atoms with Gasteiger partial charge in [0, 0.05) is 25.3 Å². The van der Waals surface area contributed by atoms with Crippen molar-refractivity contribution >= 4 is 11.6 Å². The minimum absolute atomic E-state index is 0.0424. The second kappa shape index (κ2) is 5.93. The number of hydrogen-bond acceptors (Lipinski definition) is 3. The Hall–Kier alpha value is -1.76. The average Bonchev–Trinajstić information content (AvgIpc) is 2.45. The molecule has 2 rings (SSSR count). The summed E-state index contributed by atoms with van der Waals surface area (Å²) in [6, 6.07) is 3.52. The van der Waals surface area contributed by atoms with Crippen LogP contribution in [0.5, 0.6) is 0 Å². The number of hydrogen-bond donors (Lipinski definition) is 2. The molecule has 1 unspecified atom stereocenters. The number of rotatable bonds is 3. The van der Waals surface area contributed by atoms with Gasteiger partial charge in [0.15, 0.2) is 0 Å². The highest BCUT2D eigenvalue weighted by atomic mass is 19.4. The molecule has 1 aliphatic rings. The smallest absolute Gasteiger partial charge is 0.358 e. The Labute approximate surface area is 121 Å². The predicted molar refractivity (Wildman–Crippen MR) is 73.8 cm³/mol. The van der Waals surface area contributed by atoms with Gasteiger partial charge in [0.05, 0.1) is 5.56 Å². The van der Waals surface area contributed by atoms with Gasteiger partial charge in [0.1, 0.15) is 6.04 Å². The molecule has 1 aromatic rings. The van der Waals surface area contributed by atoms with E-state index in [-0.39, 0.29) is 24.1 Å². The number of halogens is 3. The van der Waals surface area contributed by atoms with Crippen molar-refractivity contribution in [2.45, 2.75) is 32.1 Å². The molecule has 1 aliphatic heterocycles. The summed E-state index contributed by atoms with van der Waals surface area (Å²) in [5.74, 6) is -0.0991. The summed E-state index contributed by atoms with van der Waals surface area (Å²) < 4.78 is 38.6. The van der Waals surface area contributed by atoms with E-state index in [0.29, 0.717) is 25.2 Å². The molecule has 7 heteroatoms. The Morgan fingerprint density at radius 2 is 2.14 bits per heavy atom. The molecule has 4 nitrogen and oxygen atoms in total. The van der Waals surface area contributed by atoms with Gasteiger partial charge in [-0.1, -0.05) is 6.92 Å². The lowest BCUT2D eigenvalue weighted by Gasteiger charge is -2.36. The lowest BCUT2D eigenvalue weighted by molar-refractivity contribution is -0.138. The summed E-state index contributed by atoms with van der Waals surface area (Å²) in [7, 11) is 0. The zero-order valence-corrected chi connectivity index (χ0v) is 11.7. The Balaban J connectivity index is 2.38. The summed E-state index contributed by atoms with van der Waals surface area (Å²) in [6.07, 6.45) is -3.83. The molecule has 1 atom stereocenters. The standard InChI is InChI=1S/C14H18F3N3O/c1-2-12-13(21)19-5-6-20(12)10-3-4-11(14(15,16)17)9(7-10)8-18/h3-4,7,12H,2,5-6,8,18H2,1H3,(H,19,21). The van der Waals surface area contributed by atoms with Gasteiger partial charge in [0.25, 0.3) is 0 Å². The molecule has 1 heterocycles. The van der Waals surface area contributed by atoms with E-state index < -0.39 is 11.7 Å². The lowest BCUT2D eigenvalue weighted by atomic mass is 10.0. The summed E-state index contributed by atoms with van der Waals surface area (Å²) in [5.41, 5.74) is 5.37. The molecule has 1 aromatic carbocycles. The van der Waals surface area contributed by atoms with Gasteiger partial charge in [0.2, 0.25) is 5.91 Å². The molecule has 3 N–H and O–H groups in total. The molecule has 1 fully saturated rings. The van der Waals surface area contributed by atoms with Crippen LogP contribution in [-0.2, 0) is 17.5 Å². The Bertz CT molecular complexity index is 531. The maximum atomic E-state index is 12.9. The third-order valence-corrected chi connectivity index (χ3v) is 3.66. The molecule has 0 radical (unpaired) electrons. The van der Waals surface area contributed by atoms with E-state index in [1.54, 1.807) is 0 Å². The van der Waals surface area contributed by atoms with Crippen molar-refractivity contribution in [1.29, 1.82) is 0 Å². The monoisotopic (exact) mass is 301 g/mol. The van der Waals surface area contributed by atoms with E-state index in [1.807, 2.05) is 11.8 Å². The van der Waals surface area contributed by atoms with E-state index in [4.69, 9.17) is 5.73 Å². The third kappa shape index (κ3) is 3.12. The van der Waals surface area contributed by atoms with Crippen LogP contribution < -0.4 is 16.0 Å². The van der Waals surface area contributed by atoms with E-state index >= 15 is 0 Å². The first-order chi connectivity index (χ1) is 9.88. The number of benzene rings is 1. The fraction of sp³-hybridized carbons (Fsp3) is 0.500. The first kappa shape index (κ1) is 15.6. The van der Waals surface area contributed by atoms with Crippen molar-refractivity contribution in [3.63, 3.8) is 0 Å². The fourth-order valence-electron chi connectivity index (χ4n) is 2.63. The number of amides is 1. The number of nitrogens with zero attached hydrogens (tertiary/aromatic N) is 1. The van der Waals surface area contributed by atoms with Crippen molar-refractivity contribution < 1.29 is 18.0 Å². The zero-order valence-electron chi connectivity index (χ0n) is 11.7. The highest BCUT2D eigenvalue weighted by Gasteiger charge is 2.34. The summed E-state index contributed by atoms with van der Waals surface area (Å²) in [6.45, 7) is 2.73. The number of nitrogens with one attached hydrogen (secondary N) is 1. The molecule has 0 aromatic heterocycles. The molecule has 0 bridgehead atoms. The van der Waals surface area contributed by atoms with Gasteiger partial charge >= 0.3 is 6.18 Å². The second-order valence-corrected chi connectivity index (χ2v) is 4.95. The Morgan fingerprint density at radius 3 is 2.71 bits per heavy atom. The molecule has 0 saturated carbocycles. The highest BCUT2D eigenvalue weighted by molar-refractivity contribution is 5.86. The summed E-state index contributed by atoms with van der Waals surface area (Å²) in [4.78, 5) is 13.7. The predicted octanol–water partition coefficient (Wildman–Crippen LogP) is 1.88. The molecule has 1 amide bonds. The molecular weight excluding hydrogens is 283 g/mol. The minimum Gasteiger partial charge on any atom is -0.358 e. The fourth-order valence-corrected chi connectivity index (χ4v) is 2.63. The average molecular weight is 301 g/mol. The van der Waals surface area contributed by atoms with Crippen LogP contribution in [0.1, 0.15) is 24.5 Å². The van der Waals surface area contributed by atoms with E-state index in [9.17, 15) is 18.0 Å². The van der Waals surface area contributed by atoms with Gasteiger partial charge in [-0.25, -0.2) is 0 Å². The van der Waals surface area contributed by atoms with Crippen LogP contribution in [0.15, 0.2) is 18.2 Å². The normalized spacial score (nSPS) is 19.6. The van der Waals surface area contributed by atoms with Gasteiger partial charge in [-0.15, -0.1) is 0 Å². The van der Waals surface area contributed by atoms with E-state index in [1.165, 1.54) is 12.1 Å². The number of nitrogens with two attached hydrogens (primary N) is 1. The van der Waals surface area contributed by atoms with Gasteiger partial charge in [-0.3, -0.25) is 4.79 Å². The first-order valence-electron chi connectivity index (χ1n) is 6.83. The van der Waals surface area contributed by atoms with Crippen molar-refractivity contribution in [3.05, 3.63) is 29.3 Å². The van der Waals surface area contributed by atoms with Gasteiger partial charge < -0.3 is 16.0 Å². The number of alkyl halides is 3. The highest BCUT2D eigenvalue weighted by Crippen LogP contribution is 2.34. The van der Waals surface area contributed by atoms with Crippen molar-refractivity contribution in [1.82, 2.24) is 5.32 Å². The molecule has 21 heavy (non-hydrogen) atoms. The number of carbonyl (C=O) groups excluding carboxylic acids is 1. The Morgan fingerprint density at radius 1 is 1.43 bits per heavy atom. The maximum absolute atomic E-state index is 12.9. The van der Waals surface area contributed by atoms with Gasteiger partial charge in [-0.2, -0.15) is 13.2 Å². The molecule has 0 aliphatic carbocycles. The molecule has 1 saturated heterocycles. The second-order valence-electron chi connectivity index (χ2n) is 4.95. The van der Waals surface area contributed by atoms with Crippen LogP contribution in [0.3, 0.4) is 0 Å². The maximum Gasteiger partial charge on any atom is 0.416 e. The van der Waals surface area contributed by atoms with Crippen LogP contribution in [0.25, 0.3) is 0 Å². The van der Waals surface area contributed by atoms with Crippen molar-refractivity contribution in [3.8, 4) is 0 Å². The number of piperazine rings is 1. The van der Waals surface area contributed by atoms with Crippen molar-refractivity contribution in [2.24, 2.45) is 5.73 Å². The van der Waals surface area contributed by atoms with Crippen LogP contribution in [0.4, 0.5) is 18.9 Å². The molecule has 116 valence electrons. The van der Waals surface area contributed by atoms with E-state index in [0.717, 1.165) is 6.07 Å².